The molecule has 0 N–H and O–H groups in total. The number of rotatable bonds is 4. The van der Waals surface area contributed by atoms with E-state index in [2.05, 4.69) is 4.98 Å². The molecule has 1 aromatic heterocycles. The van der Waals surface area contributed by atoms with Gasteiger partial charge in [-0.3, -0.25) is 4.79 Å². The summed E-state index contributed by atoms with van der Waals surface area (Å²) in [6, 6.07) is 7.75. The van der Waals surface area contributed by atoms with E-state index in [1.54, 1.807) is 24.5 Å². The molecule has 2 rings (SSSR count). The first-order valence-corrected chi connectivity index (χ1v) is 6.51. The van der Waals surface area contributed by atoms with Gasteiger partial charge in [-0.25, -0.2) is 4.98 Å². The summed E-state index contributed by atoms with van der Waals surface area (Å²) in [7, 11) is 0. The molecule has 0 unspecified atom stereocenters. The highest BCUT2D eigenvalue weighted by Gasteiger charge is 2.07. The van der Waals surface area contributed by atoms with E-state index >= 15 is 0 Å². The summed E-state index contributed by atoms with van der Waals surface area (Å²) < 4.78 is 0. The van der Waals surface area contributed by atoms with Gasteiger partial charge in [0.05, 0.1) is 5.01 Å². The molecule has 0 amide bonds. The van der Waals surface area contributed by atoms with E-state index in [0.29, 0.717) is 6.42 Å². The number of carbonyl (C=O) groups excluding carboxylic acids is 1. The van der Waals surface area contributed by atoms with Gasteiger partial charge in [0.15, 0.2) is 0 Å². The van der Waals surface area contributed by atoms with Gasteiger partial charge in [-0.05, 0) is 18.6 Å². The van der Waals surface area contributed by atoms with Gasteiger partial charge in [0.2, 0.25) is 0 Å². The lowest BCUT2D eigenvalue weighted by Gasteiger charge is -2.00. The summed E-state index contributed by atoms with van der Waals surface area (Å²) in [4.78, 5) is 16.3. The van der Waals surface area contributed by atoms with Crippen LogP contribution in [0.2, 0.25) is 5.02 Å². The van der Waals surface area contributed by atoms with Crippen molar-refractivity contribution in [2.45, 2.75) is 19.8 Å². The molecule has 88 valence electrons. The Morgan fingerprint density at radius 3 is 2.88 bits per heavy atom. The van der Waals surface area contributed by atoms with Crippen molar-refractivity contribution in [2.75, 3.05) is 0 Å². The molecule has 0 saturated heterocycles. The van der Waals surface area contributed by atoms with Gasteiger partial charge in [-0.15, -0.1) is 11.3 Å². The van der Waals surface area contributed by atoms with Crippen LogP contribution in [0.1, 0.15) is 22.4 Å². The molecule has 0 spiro atoms. The SMILES string of the molecule is CC(=O)Cc1cnc(Cc2ccccc2Cl)s1. The van der Waals surface area contributed by atoms with Gasteiger partial charge in [0.25, 0.3) is 0 Å². The maximum atomic E-state index is 11.0. The zero-order valence-corrected chi connectivity index (χ0v) is 11.0. The number of Topliss-reactive ketones (excluding diaryl/α,β-unsaturated/α-hetero) is 1. The maximum Gasteiger partial charge on any atom is 0.135 e. The Kier molecular flexibility index (Phi) is 3.92. The van der Waals surface area contributed by atoms with Crippen molar-refractivity contribution in [3.8, 4) is 0 Å². The summed E-state index contributed by atoms with van der Waals surface area (Å²) in [6.45, 7) is 1.59. The number of halogens is 1. The van der Waals surface area contributed by atoms with Crippen molar-refractivity contribution in [3.63, 3.8) is 0 Å². The second-order valence-electron chi connectivity index (χ2n) is 3.87. The molecule has 0 aliphatic rings. The lowest BCUT2D eigenvalue weighted by atomic mass is 10.2. The largest absolute Gasteiger partial charge is 0.300 e. The van der Waals surface area contributed by atoms with Crippen LogP contribution in [0, 0.1) is 0 Å². The first-order chi connectivity index (χ1) is 8.15. The summed E-state index contributed by atoms with van der Waals surface area (Å²) >= 11 is 7.66. The summed E-state index contributed by atoms with van der Waals surface area (Å²) in [5.74, 6) is 0.165. The van der Waals surface area contributed by atoms with Crippen LogP contribution in [0.3, 0.4) is 0 Å². The first-order valence-electron chi connectivity index (χ1n) is 5.31. The number of nitrogens with zero attached hydrogens (tertiary/aromatic N) is 1. The molecule has 0 saturated carbocycles. The number of benzene rings is 1. The number of thiazole rings is 1. The van der Waals surface area contributed by atoms with Gasteiger partial charge in [0.1, 0.15) is 5.78 Å². The molecular weight excluding hydrogens is 254 g/mol. The Bertz CT molecular complexity index is 536. The van der Waals surface area contributed by atoms with Crippen LogP contribution < -0.4 is 0 Å². The van der Waals surface area contributed by atoms with Gasteiger partial charge in [-0.1, -0.05) is 29.8 Å². The molecule has 2 nitrogen and oxygen atoms in total. The quantitative estimate of drug-likeness (QED) is 0.847. The summed E-state index contributed by atoms with van der Waals surface area (Å²) in [5.41, 5.74) is 1.07. The van der Waals surface area contributed by atoms with Crippen LogP contribution in [0.15, 0.2) is 30.5 Å². The Balaban J connectivity index is 2.12. The molecule has 0 aliphatic carbocycles. The normalized spacial score (nSPS) is 10.5. The fourth-order valence-corrected chi connectivity index (χ4v) is 2.78. The molecule has 0 fully saturated rings. The topological polar surface area (TPSA) is 30.0 Å². The molecule has 1 aromatic carbocycles. The Labute approximate surface area is 109 Å². The lowest BCUT2D eigenvalue weighted by molar-refractivity contribution is -0.116. The monoisotopic (exact) mass is 265 g/mol. The highest BCUT2D eigenvalue weighted by Crippen LogP contribution is 2.22. The van der Waals surface area contributed by atoms with Crippen molar-refractivity contribution in [1.29, 1.82) is 0 Å². The average Bonchev–Trinajstić information content (AvgIpc) is 2.68. The minimum absolute atomic E-state index is 0.165. The minimum atomic E-state index is 0.165. The third-order valence-electron chi connectivity index (χ3n) is 2.32. The van der Waals surface area contributed by atoms with E-state index in [9.17, 15) is 4.79 Å². The number of carbonyl (C=O) groups is 1. The van der Waals surface area contributed by atoms with Crippen LogP contribution in [-0.4, -0.2) is 10.8 Å². The molecule has 2 aromatic rings. The van der Waals surface area contributed by atoms with E-state index in [1.165, 1.54) is 0 Å². The van der Waals surface area contributed by atoms with Crippen molar-refractivity contribution < 1.29 is 4.79 Å². The Hall–Kier alpha value is -1.19. The number of hydrogen-bond donors (Lipinski definition) is 0. The maximum absolute atomic E-state index is 11.0. The van der Waals surface area contributed by atoms with Crippen molar-refractivity contribution in [2.24, 2.45) is 0 Å². The summed E-state index contributed by atoms with van der Waals surface area (Å²) in [6.07, 6.45) is 2.97. The Morgan fingerprint density at radius 1 is 1.41 bits per heavy atom. The Morgan fingerprint density at radius 2 is 2.18 bits per heavy atom. The van der Waals surface area contributed by atoms with E-state index in [1.807, 2.05) is 24.3 Å². The van der Waals surface area contributed by atoms with Crippen molar-refractivity contribution in [3.05, 3.63) is 50.9 Å². The lowest BCUT2D eigenvalue weighted by Crippen LogP contribution is -1.92. The fraction of sp³-hybridized carbons (Fsp3) is 0.231. The van der Waals surface area contributed by atoms with Crippen LogP contribution >= 0.6 is 22.9 Å². The molecule has 1 heterocycles. The van der Waals surface area contributed by atoms with Gasteiger partial charge in [-0.2, -0.15) is 0 Å². The zero-order valence-electron chi connectivity index (χ0n) is 9.44. The standard InChI is InChI=1S/C13H12ClNOS/c1-9(16)6-11-8-15-13(17-11)7-10-4-2-3-5-12(10)14/h2-5,8H,6-7H2,1H3. The predicted molar refractivity (Wildman–Crippen MR) is 70.8 cm³/mol. The third kappa shape index (κ3) is 3.38. The van der Waals surface area contributed by atoms with E-state index in [4.69, 9.17) is 11.6 Å². The second-order valence-corrected chi connectivity index (χ2v) is 5.47. The molecular formula is C13H12ClNOS. The van der Waals surface area contributed by atoms with Crippen molar-refractivity contribution >= 4 is 28.7 Å². The highest BCUT2D eigenvalue weighted by molar-refractivity contribution is 7.11. The van der Waals surface area contributed by atoms with Crippen LogP contribution in [0.4, 0.5) is 0 Å². The average molecular weight is 266 g/mol. The highest BCUT2D eigenvalue weighted by atomic mass is 35.5. The zero-order chi connectivity index (χ0) is 12.3. The fourth-order valence-electron chi connectivity index (χ4n) is 1.56. The predicted octanol–water partition coefficient (Wildman–Crippen LogP) is 3.52. The third-order valence-corrected chi connectivity index (χ3v) is 3.69. The van der Waals surface area contributed by atoms with Gasteiger partial charge in [0, 0.05) is 28.9 Å². The number of ketones is 1. The molecule has 0 radical (unpaired) electrons. The smallest absolute Gasteiger partial charge is 0.135 e. The van der Waals surface area contributed by atoms with Gasteiger partial charge < -0.3 is 0 Å². The number of hydrogen-bond acceptors (Lipinski definition) is 3. The molecule has 0 atom stereocenters. The molecule has 17 heavy (non-hydrogen) atoms. The number of aromatic nitrogens is 1. The molecule has 0 aliphatic heterocycles. The molecule has 4 heteroatoms. The van der Waals surface area contributed by atoms with Crippen LogP contribution in [0.5, 0.6) is 0 Å². The van der Waals surface area contributed by atoms with Gasteiger partial charge >= 0.3 is 0 Å². The summed E-state index contributed by atoms with van der Waals surface area (Å²) in [5, 5.41) is 1.75. The van der Waals surface area contributed by atoms with E-state index < -0.39 is 0 Å². The van der Waals surface area contributed by atoms with Crippen LogP contribution in [-0.2, 0) is 17.6 Å². The van der Waals surface area contributed by atoms with E-state index in [-0.39, 0.29) is 5.78 Å². The molecule has 0 bridgehead atoms. The van der Waals surface area contributed by atoms with Crippen molar-refractivity contribution in [1.82, 2.24) is 4.98 Å². The van der Waals surface area contributed by atoms with E-state index in [0.717, 1.165) is 26.9 Å². The first kappa shape index (κ1) is 12.3. The van der Waals surface area contributed by atoms with Crippen LogP contribution in [0.25, 0.3) is 0 Å². The second kappa shape index (κ2) is 5.43. The minimum Gasteiger partial charge on any atom is -0.300 e.